The molecule has 0 N–H and O–H groups in total. The van der Waals surface area contributed by atoms with Gasteiger partial charge in [0.25, 0.3) is 0 Å². The third-order valence-electron chi connectivity index (χ3n) is 4.39. The van der Waals surface area contributed by atoms with E-state index in [2.05, 4.69) is 5.10 Å². The van der Waals surface area contributed by atoms with Crippen molar-refractivity contribution in [2.24, 2.45) is 0 Å². The molecule has 0 bridgehead atoms. The standard InChI is InChI=1S/C19H20Cl2F3N3O2/c1-18(2,3)29-17(28)26-7-6-13-15(10-26)27(25-16(13)19(22,23)24)9-11-4-5-12(20)8-14(11)21/h4-5,8H,6-7,9-10H2,1-3H3. The van der Waals surface area contributed by atoms with Gasteiger partial charge in [0.05, 0.1) is 18.8 Å². The number of ether oxygens (including phenoxy) is 1. The highest BCUT2D eigenvalue weighted by atomic mass is 35.5. The number of alkyl halides is 3. The predicted molar refractivity (Wildman–Crippen MR) is 103 cm³/mol. The summed E-state index contributed by atoms with van der Waals surface area (Å²) in [6.45, 7) is 5.31. The lowest BCUT2D eigenvalue weighted by Gasteiger charge is -2.30. The minimum atomic E-state index is -4.59. The maximum atomic E-state index is 13.5. The number of amides is 1. The molecule has 10 heteroatoms. The van der Waals surface area contributed by atoms with Crippen LogP contribution >= 0.6 is 23.2 Å². The van der Waals surface area contributed by atoms with Crippen molar-refractivity contribution in [1.82, 2.24) is 14.7 Å². The Morgan fingerprint density at radius 3 is 2.52 bits per heavy atom. The first-order valence-electron chi connectivity index (χ1n) is 8.93. The highest BCUT2D eigenvalue weighted by Gasteiger charge is 2.41. The predicted octanol–water partition coefficient (Wildman–Crippen LogP) is 5.55. The van der Waals surface area contributed by atoms with Crippen molar-refractivity contribution in [2.75, 3.05) is 6.54 Å². The van der Waals surface area contributed by atoms with E-state index < -0.39 is 23.6 Å². The molecule has 0 saturated carbocycles. The van der Waals surface area contributed by atoms with Gasteiger partial charge in [0.1, 0.15) is 5.60 Å². The van der Waals surface area contributed by atoms with E-state index in [1.54, 1.807) is 32.9 Å². The van der Waals surface area contributed by atoms with Crippen molar-refractivity contribution in [3.05, 3.63) is 50.8 Å². The number of hydrogen-bond acceptors (Lipinski definition) is 3. The van der Waals surface area contributed by atoms with Crippen LogP contribution in [-0.2, 0) is 30.4 Å². The fraction of sp³-hybridized carbons (Fsp3) is 0.474. The highest BCUT2D eigenvalue weighted by Crippen LogP contribution is 2.36. The monoisotopic (exact) mass is 449 g/mol. The minimum absolute atomic E-state index is 0.0244. The van der Waals surface area contributed by atoms with Crippen molar-refractivity contribution in [1.29, 1.82) is 0 Å². The van der Waals surface area contributed by atoms with E-state index >= 15 is 0 Å². The number of carbonyl (C=O) groups excluding carboxylic acids is 1. The number of aromatic nitrogens is 2. The van der Waals surface area contributed by atoms with E-state index in [1.807, 2.05) is 0 Å². The fourth-order valence-corrected chi connectivity index (χ4v) is 3.60. The summed E-state index contributed by atoms with van der Waals surface area (Å²) < 4.78 is 47.2. The summed E-state index contributed by atoms with van der Waals surface area (Å²) in [4.78, 5) is 13.8. The van der Waals surface area contributed by atoms with Crippen LogP contribution in [0, 0.1) is 0 Å². The quantitative estimate of drug-likeness (QED) is 0.603. The molecule has 1 aromatic heterocycles. The number of hydrogen-bond donors (Lipinski definition) is 0. The van der Waals surface area contributed by atoms with Crippen LogP contribution in [0.3, 0.4) is 0 Å². The molecule has 0 aliphatic carbocycles. The van der Waals surface area contributed by atoms with Gasteiger partial charge in [0.15, 0.2) is 5.69 Å². The summed E-state index contributed by atoms with van der Waals surface area (Å²) in [6, 6.07) is 4.77. The number of carbonyl (C=O) groups is 1. The van der Waals surface area contributed by atoms with E-state index in [0.29, 0.717) is 21.3 Å². The molecule has 0 spiro atoms. The molecule has 158 valence electrons. The Bertz CT molecular complexity index is 936. The number of fused-ring (bicyclic) bond motifs is 1. The molecule has 0 saturated heterocycles. The van der Waals surface area contributed by atoms with E-state index in [0.717, 1.165) is 0 Å². The van der Waals surface area contributed by atoms with Gasteiger partial charge in [-0.2, -0.15) is 18.3 Å². The largest absolute Gasteiger partial charge is 0.444 e. The summed E-state index contributed by atoms with van der Waals surface area (Å²) in [6.07, 6.45) is -5.13. The minimum Gasteiger partial charge on any atom is -0.444 e. The molecule has 1 aliphatic rings. The molecule has 0 radical (unpaired) electrons. The second-order valence-corrected chi connectivity index (χ2v) is 8.66. The maximum Gasteiger partial charge on any atom is 0.435 e. The molecule has 0 atom stereocenters. The van der Waals surface area contributed by atoms with Gasteiger partial charge in [-0.1, -0.05) is 29.3 Å². The lowest BCUT2D eigenvalue weighted by atomic mass is 10.0. The molecule has 1 aliphatic heterocycles. The van der Waals surface area contributed by atoms with Gasteiger partial charge in [0, 0.05) is 22.2 Å². The second-order valence-electron chi connectivity index (χ2n) is 7.82. The summed E-state index contributed by atoms with van der Waals surface area (Å²) in [5, 5.41) is 4.56. The van der Waals surface area contributed by atoms with Crippen LogP contribution in [0.15, 0.2) is 18.2 Å². The van der Waals surface area contributed by atoms with Crippen molar-refractivity contribution in [2.45, 2.75) is 52.1 Å². The molecular weight excluding hydrogens is 430 g/mol. The molecule has 2 aromatic rings. The Balaban J connectivity index is 1.96. The zero-order valence-electron chi connectivity index (χ0n) is 16.1. The van der Waals surface area contributed by atoms with Crippen LogP contribution in [0.5, 0.6) is 0 Å². The third kappa shape index (κ3) is 4.98. The van der Waals surface area contributed by atoms with Crippen LogP contribution in [0.1, 0.15) is 43.3 Å². The van der Waals surface area contributed by atoms with Crippen molar-refractivity contribution >= 4 is 29.3 Å². The highest BCUT2D eigenvalue weighted by molar-refractivity contribution is 6.35. The topological polar surface area (TPSA) is 47.4 Å². The fourth-order valence-electron chi connectivity index (χ4n) is 3.13. The molecule has 3 rings (SSSR count). The van der Waals surface area contributed by atoms with Crippen LogP contribution < -0.4 is 0 Å². The van der Waals surface area contributed by atoms with E-state index in [9.17, 15) is 18.0 Å². The molecule has 5 nitrogen and oxygen atoms in total. The first-order chi connectivity index (χ1) is 13.3. The summed E-state index contributed by atoms with van der Waals surface area (Å²) in [5.41, 5.74) is -0.639. The van der Waals surface area contributed by atoms with Crippen molar-refractivity contribution < 1.29 is 22.7 Å². The number of rotatable bonds is 2. The van der Waals surface area contributed by atoms with Crippen LogP contribution in [0.4, 0.5) is 18.0 Å². The summed E-state index contributed by atoms with van der Waals surface area (Å²) in [7, 11) is 0. The first-order valence-corrected chi connectivity index (χ1v) is 9.68. The lowest BCUT2D eigenvalue weighted by molar-refractivity contribution is -0.142. The average Bonchev–Trinajstić information content (AvgIpc) is 2.94. The molecule has 0 unspecified atom stereocenters. The Kier molecular flexibility index (Phi) is 5.80. The summed E-state index contributed by atoms with van der Waals surface area (Å²) in [5.74, 6) is 0. The zero-order chi connectivity index (χ0) is 21.6. The van der Waals surface area contributed by atoms with Gasteiger partial charge in [-0.15, -0.1) is 0 Å². The Morgan fingerprint density at radius 1 is 1.24 bits per heavy atom. The van der Waals surface area contributed by atoms with E-state index in [-0.39, 0.29) is 31.6 Å². The Labute approximate surface area is 176 Å². The van der Waals surface area contributed by atoms with Gasteiger partial charge in [-0.05, 0) is 44.9 Å². The van der Waals surface area contributed by atoms with Gasteiger partial charge < -0.3 is 9.64 Å². The summed E-state index contributed by atoms with van der Waals surface area (Å²) >= 11 is 12.1. The molecular formula is C19H20Cl2F3N3O2. The van der Waals surface area contributed by atoms with Gasteiger partial charge in [0.2, 0.25) is 0 Å². The smallest absolute Gasteiger partial charge is 0.435 e. The molecule has 1 amide bonds. The van der Waals surface area contributed by atoms with Crippen LogP contribution in [0.25, 0.3) is 0 Å². The van der Waals surface area contributed by atoms with Crippen molar-refractivity contribution in [3.8, 4) is 0 Å². The number of benzene rings is 1. The normalized spacial score (nSPS) is 14.7. The van der Waals surface area contributed by atoms with E-state index in [4.69, 9.17) is 27.9 Å². The Morgan fingerprint density at radius 2 is 1.93 bits per heavy atom. The molecule has 1 aromatic carbocycles. The van der Waals surface area contributed by atoms with E-state index in [1.165, 1.54) is 15.6 Å². The van der Waals surface area contributed by atoms with Crippen LogP contribution in [-0.4, -0.2) is 32.9 Å². The van der Waals surface area contributed by atoms with Crippen LogP contribution in [0.2, 0.25) is 10.0 Å². The zero-order valence-corrected chi connectivity index (χ0v) is 17.6. The molecule has 0 fully saturated rings. The molecule has 29 heavy (non-hydrogen) atoms. The van der Waals surface area contributed by atoms with Gasteiger partial charge in [-0.25, -0.2) is 4.79 Å². The number of nitrogens with zero attached hydrogens (tertiary/aromatic N) is 3. The van der Waals surface area contributed by atoms with Gasteiger partial charge in [-0.3, -0.25) is 4.68 Å². The second kappa shape index (κ2) is 7.72. The third-order valence-corrected chi connectivity index (χ3v) is 4.98. The number of halogens is 5. The average molecular weight is 450 g/mol. The van der Waals surface area contributed by atoms with Gasteiger partial charge >= 0.3 is 12.3 Å². The SMILES string of the molecule is CC(C)(C)OC(=O)N1CCc2c(C(F)(F)F)nn(Cc3ccc(Cl)cc3Cl)c2C1. The lowest BCUT2D eigenvalue weighted by Crippen LogP contribution is -2.40. The van der Waals surface area contributed by atoms with Crippen molar-refractivity contribution in [3.63, 3.8) is 0 Å². The maximum absolute atomic E-state index is 13.5. The first kappa shape index (κ1) is 21.8. The molecule has 2 heterocycles. The Hall–Kier alpha value is -1.93.